The zero-order valence-corrected chi connectivity index (χ0v) is 8.73. The van der Waals surface area contributed by atoms with Crippen LogP contribution in [0.3, 0.4) is 0 Å². The van der Waals surface area contributed by atoms with Crippen LogP contribution in [0.5, 0.6) is 0 Å². The highest BCUT2D eigenvalue weighted by molar-refractivity contribution is 5.06. The van der Waals surface area contributed by atoms with Crippen molar-refractivity contribution in [3.8, 4) is 0 Å². The summed E-state index contributed by atoms with van der Waals surface area (Å²) >= 11 is 0. The Balaban J connectivity index is 2.29. The Morgan fingerprint density at radius 1 is 1.40 bits per heavy atom. The lowest BCUT2D eigenvalue weighted by molar-refractivity contribution is -0.124. The molecule has 0 aliphatic rings. The molecule has 1 aromatic rings. The molecule has 1 rings (SSSR count). The predicted molar refractivity (Wildman–Crippen MR) is 50.6 cm³/mol. The second kappa shape index (κ2) is 4.65. The number of nitrogens with one attached hydrogen (secondary N) is 1. The van der Waals surface area contributed by atoms with Gasteiger partial charge in [-0.25, -0.2) is 0 Å². The molecule has 0 amide bonds. The SMILES string of the molecule is Cc1cc(C)n(CCNCC(F)(F)F)n1. The van der Waals surface area contributed by atoms with E-state index >= 15 is 0 Å². The van der Waals surface area contributed by atoms with Crippen molar-refractivity contribution in [2.75, 3.05) is 13.1 Å². The van der Waals surface area contributed by atoms with Crippen molar-refractivity contribution >= 4 is 0 Å². The highest BCUT2D eigenvalue weighted by Crippen LogP contribution is 2.11. The van der Waals surface area contributed by atoms with Gasteiger partial charge < -0.3 is 5.32 Å². The van der Waals surface area contributed by atoms with E-state index in [1.807, 2.05) is 19.9 Å². The minimum atomic E-state index is -4.14. The molecule has 0 bridgehead atoms. The second-order valence-corrected chi connectivity index (χ2v) is 3.44. The minimum Gasteiger partial charge on any atom is -0.307 e. The standard InChI is InChI=1S/C9H14F3N3/c1-7-5-8(2)15(14-7)4-3-13-6-9(10,11)12/h5,13H,3-4,6H2,1-2H3. The maximum Gasteiger partial charge on any atom is 0.401 e. The van der Waals surface area contributed by atoms with Gasteiger partial charge in [0.2, 0.25) is 0 Å². The van der Waals surface area contributed by atoms with Crippen LogP contribution in [0.4, 0.5) is 13.2 Å². The van der Waals surface area contributed by atoms with Crippen molar-refractivity contribution in [1.29, 1.82) is 0 Å². The minimum absolute atomic E-state index is 0.265. The van der Waals surface area contributed by atoms with Crippen LogP contribution < -0.4 is 5.32 Å². The lowest BCUT2D eigenvalue weighted by Gasteiger charge is -2.08. The summed E-state index contributed by atoms with van der Waals surface area (Å²) in [5, 5.41) is 6.46. The van der Waals surface area contributed by atoms with E-state index in [9.17, 15) is 13.2 Å². The molecule has 0 saturated carbocycles. The quantitative estimate of drug-likeness (QED) is 0.783. The van der Waals surface area contributed by atoms with Crippen molar-refractivity contribution in [2.45, 2.75) is 26.6 Å². The molecule has 0 unspecified atom stereocenters. The third-order valence-electron chi connectivity index (χ3n) is 1.93. The fourth-order valence-corrected chi connectivity index (χ4v) is 1.32. The Morgan fingerprint density at radius 3 is 2.53 bits per heavy atom. The molecular weight excluding hydrogens is 207 g/mol. The first-order chi connectivity index (χ1) is 6.88. The van der Waals surface area contributed by atoms with E-state index in [2.05, 4.69) is 10.4 Å². The molecule has 0 aliphatic carbocycles. The number of nitrogens with zero attached hydrogens (tertiary/aromatic N) is 2. The number of aromatic nitrogens is 2. The molecule has 0 aromatic carbocycles. The van der Waals surface area contributed by atoms with Crippen molar-refractivity contribution < 1.29 is 13.2 Å². The van der Waals surface area contributed by atoms with Gasteiger partial charge in [-0.05, 0) is 19.9 Å². The number of hydrogen-bond acceptors (Lipinski definition) is 2. The van der Waals surface area contributed by atoms with Crippen molar-refractivity contribution in [3.63, 3.8) is 0 Å². The van der Waals surface area contributed by atoms with Gasteiger partial charge in [-0.3, -0.25) is 4.68 Å². The number of halogens is 3. The van der Waals surface area contributed by atoms with Crippen molar-refractivity contribution in [1.82, 2.24) is 15.1 Å². The van der Waals surface area contributed by atoms with Gasteiger partial charge in [-0.2, -0.15) is 18.3 Å². The van der Waals surface area contributed by atoms with Gasteiger partial charge in [-0.15, -0.1) is 0 Å². The summed E-state index contributed by atoms with van der Waals surface area (Å²) in [5.41, 5.74) is 1.84. The van der Waals surface area contributed by atoms with Gasteiger partial charge >= 0.3 is 6.18 Å². The third kappa shape index (κ3) is 4.33. The first-order valence-electron chi connectivity index (χ1n) is 4.67. The van der Waals surface area contributed by atoms with Crippen LogP contribution in [0, 0.1) is 13.8 Å². The maximum absolute atomic E-state index is 11.8. The number of hydrogen-bond donors (Lipinski definition) is 1. The molecule has 0 aliphatic heterocycles. The number of rotatable bonds is 4. The van der Waals surface area contributed by atoms with Crippen LogP contribution in [0.25, 0.3) is 0 Å². The molecule has 0 spiro atoms. The zero-order valence-electron chi connectivity index (χ0n) is 8.73. The normalized spacial score (nSPS) is 12.1. The molecule has 0 saturated heterocycles. The van der Waals surface area contributed by atoms with Crippen LogP contribution in [0.1, 0.15) is 11.4 Å². The van der Waals surface area contributed by atoms with Crippen LogP contribution in [0.2, 0.25) is 0 Å². The van der Waals surface area contributed by atoms with Crippen LogP contribution >= 0.6 is 0 Å². The fourth-order valence-electron chi connectivity index (χ4n) is 1.32. The summed E-state index contributed by atoms with van der Waals surface area (Å²) in [6, 6.07) is 1.89. The Kier molecular flexibility index (Phi) is 3.73. The van der Waals surface area contributed by atoms with E-state index in [0.717, 1.165) is 11.4 Å². The average molecular weight is 221 g/mol. The molecule has 15 heavy (non-hydrogen) atoms. The van der Waals surface area contributed by atoms with Gasteiger partial charge in [0.05, 0.1) is 18.8 Å². The highest BCUT2D eigenvalue weighted by atomic mass is 19.4. The van der Waals surface area contributed by atoms with Crippen molar-refractivity contribution in [3.05, 3.63) is 17.5 Å². The van der Waals surface area contributed by atoms with E-state index in [0.29, 0.717) is 6.54 Å². The van der Waals surface area contributed by atoms with Crippen molar-refractivity contribution in [2.24, 2.45) is 0 Å². The molecular formula is C9H14F3N3. The van der Waals surface area contributed by atoms with Crippen LogP contribution in [0.15, 0.2) is 6.07 Å². The molecule has 0 fully saturated rings. The summed E-state index contributed by atoms with van der Waals surface area (Å²) in [5.74, 6) is 0. The highest BCUT2D eigenvalue weighted by Gasteiger charge is 2.25. The lowest BCUT2D eigenvalue weighted by Crippen LogP contribution is -2.31. The van der Waals surface area contributed by atoms with Gasteiger partial charge in [0.25, 0.3) is 0 Å². The molecule has 86 valence electrons. The summed E-state index contributed by atoms with van der Waals surface area (Å²) in [6.45, 7) is 3.50. The number of aryl methyl sites for hydroxylation is 2. The summed E-state index contributed by atoms with van der Waals surface area (Å²) < 4.78 is 37.0. The fraction of sp³-hybridized carbons (Fsp3) is 0.667. The van der Waals surface area contributed by atoms with E-state index in [1.165, 1.54) is 0 Å². The third-order valence-corrected chi connectivity index (χ3v) is 1.93. The molecule has 0 radical (unpaired) electrons. The number of alkyl halides is 3. The molecule has 1 N–H and O–H groups in total. The lowest BCUT2D eigenvalue weighted by atomic mass is 10.4. The topological polar surface area (TPSA) is 29.9 Å². The van der Waals surface area contributed by atoms with Gasteiger partial charge in [0.1, 0.15) is 0 Å². The average Bonchev–Trinajstić information content (AvgIpc) is 2.37. The predicted octanol–water partition coefficient (Wildman–Crippen LogP) is 1.65. The van der Waals surface area contributed by atoms with Crippen LogP contribution in [-0.4, -0.2) is 29.0 Å². The van der Waals surface area contributed by atoms with Gasteiger partial charge in [-0.1, -0.05) is 0 Å². The first kappa shape index (κ1) is 12.0. The molecule has 6 heteroatoms. The molecule has 0 atom stereocenters. The zero-order chi connectivity index (χ0) is 11.5. The Bertz CT molecular complexity index is 317. The summed E-state index contributed by atoms with van der Waals surface area (Å²) in [7, 11) is 0. The monoisotopic (exact) mass is 221 g/mol. The maximum atomic E-state index is 11.8. The first-order valence-corrected chi connectivity index (χ1v) is 4.67. The summed E-state index contributed by atoms with van der Waals surface area (Å²) in [4.78, 5) is 0. The van der Waals surface area contributed by atoms with E-state index in [1.54, 1.807) is 4.68 Å². The molecule has 1 aromatic heterocycles. The van der Waals surface area contributed by atoms with E-state index < -0.39 is 12.7 Å². The van der Waals surface area contributed by atoms with E-state index in [-0.39, 0.29) is 6.54 Å². The molecule has 1 heterocycles. The van der Waals surface area contributed by atoms with Gasteiger partial charge in [0, 0.05) is 12.2 Å². The largest absolute Gasteiger partial charge is 0.401 e. The second-order valence-electron chi connectivity index (χ2n) is 3.44. The Hall–Kier alpha value is -1.04. The Morgan fingerprint density at radius 2 is 2.07 bits per heavy atom. The summed E-state index contributed by atoms with van der Waals surface area (Å²) in [6.07, 6.45) is -4.14. The Labute approximate surface area is 86.3 Å². The smallest absolute Gasteiger partial charge is 0.307 e. The van der Waals surface area contributed by atoms with E-state index in [4.69, 9.17) is 0 Å². The van der Waals surface area contributed by atoms with Gasteiger partial charge in [0.15, 0.2) is 0 Å². The molecule has 3 nitrogen and oxygen atoms in total. The van der Waals surface area contributed by atoms with Crippen LogP contribution in [-0.2, 0) is 6.54 Å².